The first-order valence-electron chi connectivity index (χ1n) is 10.8. The van der Waals surface area contributed by atoms with E-state index in [1.807, 2.05) is 0 Å². The molecule has 0 aliphatic carbocycles. The van der Waals surface area contributed by atoms with E-state index in [-0.39, 0.29) is 0 Å². The van der Waals surface area contributed by atoms with Crippen molar-refractivity contribution in [2.24, 2.45) is 11.8 Å². The molecule has 0 radical (unpaired) electrons. The third kappa shape index (κ3) is 15.2. The fourth-order valence-electron chi connectivity index (χ4n) is 3.41. The zero-order chi connectivity index (χ0) is 17.3. The van der Waals surface area contributed by atoms with E-state index in [0.29, 0.717) is 0 Å². The molecule has 0 saturated carbocycles. The molecule has 140 valence electrons. The lowest BCUT2D eigenvalue weighted by atomic mass is 9.98. The molecular weight excluding hydrogens is 278 g/mol. The van der Waals surface area contributed by atoms with Gasteiger partial charge in [-0.15, -0.1) is 0 Å². The van der Waals surface area contributed by atoms with Crippen LogP contribution < -0.4 is 0 Å². The number of unbranched alkanes of at least 4 members (excludes halogenated alkanes) is 7. The second-order valence-corrected chi connectivity index (χ2v) is 7.96. The van der Waals surface area contributed by atoms with Gasteiger partial charge in [-0.3, -0.25) is 0 Å². The molecule has 1 nitrogen and oxygen atoms in total. The van der Waals surface area contributed by atoms with Gasteiger partial charge in [-0.2, -0.15) is 0 Å². The summed E-state index contributed by atoms with van der Waals surface area (Å²) in [6.45, 7) is 12.0. The topological polar surface area (TPSA) is 3.24 Å². The molecule has 0 rings (SSSR count). The van der Waals surface area contributed by atoms with Crippen LogP contribution in [-0.4, -0.2) is 25.0 Å². The van der Waals surface area contributed by atoms with Crippen molar-refractivity contribution >= 4 is 0 Å². The number of hydrogen-bond donors (Lipinski definition) is 0. The van der Waals surface area contributed by atoms with Gasteiger partial charge in [0.2, 0.25) is 0 Å². The highest BCUT2D eigenvalue weighted by Gasteiger charge is 2.08. The van der Waals surface area contributed by atoms with Crippen molar-refractivity contribution in [3.63, 3.8) is 0 Å². The van der Waals surface area contributed by atoms with E-state index in [4.69, 9.17) is 0 Å². The molecule has 0 heterocycles. The monoisotopic (exact) mass is 325 g/mol. The van der Waals surface area contributed by atoms with Crippen LogP contribution in [0, 0.1) is 11.8 Å². The highest BCUT2D eigenvalue weighted by atomic mass is 15.1. The number of hydrogen-bond acceptors (Lipinski definition) is 1. The van der Waals surface area contributed by atoms with E-state index in [2.05, 4.69) is 39.6 Å². The van der Waals surface area contributed by atoms with Crippen LogP contribution in [-0.2, 0) is 0 Å². The van der Waals surface area contributed by atoms with Crippen molar-refractivity contribution in [1.82, 2.24) is 4.90 Å². The molecule has 0 aliphatic rings. The Hall–Kier alpha value is -0.0400. The number of nitrogens with zero attached hydrogens (tertiary/aromatic N) is 1. The summed E-state index contributed by atoms with van der Waals surface area (Å²) in [5.41, 5.74) is 0. The summed E-state index contributed by atoms with van der Waals surface area (Å²) < 4.78 is 0. The maximum atomic E-state index is 2.58. The Kier molecular flexibility index (Phi) is 16.8. The first-order valence-corrected chi connectivity index (χ1v) is 10.8. The Balaban J connectivity index is 3.39. The maximum absolute atomic E-state index is 2.58. The predicted octanol–water partition coefficient (Wildman–Crippen LogP) is 7.30. The molecular formula is C22H47N. The summed E-state index contributed by atoms with van der Waals surface area (Å²) in [5, 5.41) is 0. The van der Waals surface area contributed by atoms with Crippen LogP contribution in [0.4, 0.5) is 0 Å². The minimum absolute atomic E-state index is 0.922. The summed E-state index contributed by atoms with van der Waals surface area (Å²) in [4.78, 5) is 2.58. The Morgan fingerprint density at radius 3 is 1.87 bits per heavy atom. The van der Waals surface area contributed by atoms with Crippen LogP contribution in [0.3, 0.4) is 0 Å². The van der Waals surface area contributed by atoms with Gasteiger partial charge >= 0.3 is 0 Å². The van der Waals surface area contributed by atoms with Crippen molar-refractivity contribution in [1.29, 1.82) is 0 Å². The Labute approximate surface area is 148 Å². The van der Waals surface area contributed by atoms with Gasteiger partial charge < -0.3 is 4.90 Å². The van der Waals surface area contributed by atoms with Crippen LogP contribution in [0.25, 0.3) is 0 Å². The molecule has 0 aromatic carbocycles. The van der Waals surface area contributed by atoms with Gasteiger partial charge in [0.15, 0.2) is 0 Å². The first kappa shape index (κ1) is 23.0. The van der Waals surface area contributed by atoms with E-state index in [1.165, 1.54) is 96.6 Å². The van der Waals surface area contributed by atoms with Crippen LogP contribution in [0.1, 0.15) is 111 Å². The normalized spacial score (nSPS) is 14.3. The molecule has 0 saturated heterocycles. The molecule has 0 spiro atoms. The summed E-state index contributed by atoms with van der Waals surface area (Å²) in [7, 11) is 2.32. The largest absolute Gasteiger partial charge is 0.306 e. The van der Waals surface area contributed by atoms with Gasteiger partial charge in [0.25, 0.3) is 0 Å². The second kappa shape index (κ2) is 16.8. The van der Waals surface area contributed by atoms with E-state index >= 15 is 0 Å². The average molecular weight is 326 g/mol. The van der Waals surface area contributed by atoms with E-state index < -0.39 is 0 Å². The zero-order valence-corrected chi connectivity index (χ0v) is 17.2. The van der Waals surface area contributed by atoms with Gasteiger partial charge in [-0.25, -0.2) is 0 Å². The molecule has 0 fully saturated rings. The fraction of sp³-hybridized carbons (Fsp3) is 1.00. The van der Waals surface area contributed by atoms with Gasteiger partial charge in [0.05, 0.1) is 0 Å². The van der Waals surface area contributed by atoms with Crippen LogP contribution in [0.15, 0.2) is 0 Å². The smallest absolute Gasteiger partial charge is 0.000650 e. The molecule has 2 atom stereocenters. The van der Waals surface area contributed by atoms with Gasteiger partial charge in [0, 0.05) is 6.54 Å². The standard InChI is InChI=1S/C22H47N/c1-6-9-18-22(8-3)20-23(5)19-16-14-12-10-11-13-15-17-21(4)7-2/h21-22H,6-20H2,1-5H3. The summed E-state index contributed by atoms with van der Waals surface area (Å²) in [5.74, 6) is 1.86. The summed E-state index contributed by atoms with van der Waals surface area (Å²) in [6, 6.07) is 0. The highest BCUT2D eigenvalue weighted by molar-refractivity contribution is 4.63. The third-order valence-electron chi connectivity index (χ3n) is 5.55. The molecule has 0 bridgehead atoms. The average Bonchev–Trinajstić information content (AvgIpc) is 2.56. The SMILES string of the molecule is CCCCC(CC)CN(C)CCCCCCCCCC(C)CC. The molecule has 23 heavy (non-hydrogen) atoms. The summed E-state index contributed by atoms with van der Waals surface area (Å²) in [6.07, 6.45) is 18.4. The Morgan fingerprint density at radius 2 is 1.30 bits per heavy atom. The lowest BCUT2D eigenvalue weighted by molar-refractivity contribution is 0.254. The van der Waals surface area contributed by atoms with Gasteiger partial charge in [-0.1, -0.05) is 98.3 Å². The minimum Gasteiger partial charge on any atom is -0.306 e. The van der Waals surface area contributed by atoms with Crippen LogP contribution in [0.5, 0.6) is 0 Å². The highest BCUT2D eigenvalue weighted by Crippen LogP contribution is 2.16. The van der Waals surface area contributed by atoms with Crippen molar-refractivity contribution < 1.29 is 0 Å². The molecule has 2 unspecified atom stereocenters. The first-order chi connectivity index (χ1) is 11.1. The van der Waals surface area contributed by atoms with E-state index in [0.717, 1.165) is 11.8 Å². The van der Waals surface area contributed by atoms with Crippen LogP contribution >= 0.6 is 0 Å². The fourth-order valence-corrected chi connectivity index (χ4v) is 3.41. The summed E-state index contributed by atoms with van der Waals surface area (Å²) >= 11 is 0. The van der Waals surface area contributed by atoms with Crippen molar-refractivity contribution in [2.75, 3.05) is 20.1 Å². The van der Waals surface area contributed by atoms with Gasteiger partial charge in [0.1, 0.15) is 0 Å². The third-order valence-corrected chi connectivity index (χ3v) is 5.55. The van der Waals surface area contributed by atoms with E-state index in [1.54, 1.807) is 0 Å². The van der Waals surface area contributed by atoms with Crippen LogP contribution in [0.2, 0.25) is 0 Å². The molecule has 0 aliphatic heterocycles. The molecule has 1 heteroatoms. The lowest BCUT2D eigenvalue weighted by Crippen LogP contribution is -2.26. The maximum Gasteiger partial charge on any atom is 0.000650 e. The zero-order valence-electron chi connectivity index (χ0n) is 17.2. The van der Waals surface area contributed by atoms with E-state index in [9.17, 15) is 0 Å². The predicted molar refractivity (Wildman–Crippen MR) is 107 cm³/mol. The lowest BCUT2D eigenvalue weighted by Gasteiger charge is -2.23. The Morgan fingerprint density at radius 1 is 0.696 bits per heavy atom. The quantitative estimate of drug-likeness (QED) is 0.253. The minimum atomic E-state index is 0.922. The Bertz CT molecular complexity index is 226. The van der Waals surface area contributed by atoms with Crippen molar-refractivity contribution in [3.05, 3.63) is 0 Å². The molecule has 0 aromatic rings. The van der Waals surface area contributed by atoms with Crippen molar-refractivity contribution in [3.8, 4) is 0 Å². The van der Waals surface area contributed by atoms with Crippen molar-refractivity contribution in [2.45, 2.75) is 111 Å². The molecule has 0 aromatic heterocycles. The number of rotatable bonds is 17. The molecule has 0 amide bonds. The van der Waals surface area contributed by atoms with Gasteiger partial charge in [-0.05, 0) is 38.3 Å². The second-order valence-electron chi connectivity index (χ2n) is 7.96. The molecule has 0 N–H and O–H groups in total.